The highest BCUT2D eigenvalue weighted by Gasteiger charge is 2.09. The van der Waals surface area contributed by atoms with Crippen molar-refractivity contribution in [3.63, 3.8) is 0 Å². The lowest BCUT2D eigenvalue weighted by Gasteiger charge is -2.01. The zero-order chi connectivity index (χ0) is 16.4. The predicted octanol–water partition coefficient (Wildman–Crippen LogP) is 3.00. The summed E-state index contributed by atoms with van der Waals surface area (Å²) >= 11 is 1.38. The molecule has 0 aliphatic carbocycles. The van der Waals surface area contributed by atoms with Crippen molar-refractivity contribution < 1.29 is 0 Å². The standard InChI is InChI=1S/C17H13N5OS/c23-16-15(11-6-2-1-3-7-11)21-22-17(20-16)24-10-14-18-12-8-4-5-9-13(12)19-14/h1-9H,10H2,(H,18,19)(H,20,22,23). The monoisotopic (exact) mass is 335 g/mol. The SMILES string of the molecule is O=c1[nH]c(SCc2nc3ccccc3[nH]2)nnc1-c1ccccc1. The Morgan fingerprint density at radius 3 is 2.50 bits per heavy atom. The molecule has 0 bridgehead atoms. The molecular weight excluding hydrogens is 322 g/mol. The van der Waals surface area contributed by atoms with Crippen LogP contribution < -0.4 is 5.56 Å². The number of fused-ring (bicyclic) bond motifs is 1. The van der Waals surface area contributed by atoms with Gasteiger partial charge in [0, 0.05) is 5.56 Å². The predicted molar refractivity (Wildman–Crippen MR) is 93.7 cm³/mol. The molecule has 0 atom stereocenters. The number of H-pyrrole nitrogens is 2. The van der Waals surface area contributed by atoms with Crippen LogP contribution in [0, 0.1) is 0 Å². The summed E-state index contributed by atoms with van der Waals surface area (Å²) in [6, 6.07) is 17.1. The molecule has 0 aliphatic rings. The molecule has 0 unspecified atom stereocenters. The molecule has 2 aromatic heterocycles. The average molecular weight is 335 g/mol. The van der Waals surface area contributed by atoms with Gasteiger partial charge in [-0.25, -0.2) is 4.98 Å². The average Bonchev–Trinajstić information content (AvgIpc) is 3.04. The molecule has 4 rings (SSSR count). The lowest BCUT2D eigenvalue weighted by atomic mass is 10.2. The van der Waals surface area contributed by atoms with Crippen LogP contribution >= 0.6 is 11.8 Å². The largest absolute Gasteiger partial charge is 0.341 e. The van der Waals surface area contributed by atoms with E-state index in [0.29, 0.717) is 16.6 Å². The van der Waals surface area contributed by atoms with Gasteiger partial charge >= 0.3 is 0 Å². The lowest BCUT2D eigenvalue weighted by molar-refractivity contribution is 0.823. The minimum absolute atomic E-state index is 0.247. The third-order valence-corrected chi connectivity index (χ3v) is 4.38. The number of benzene rings is 2. The number of thioether (sulfide) groups is 1. The molecule has 2 aromatic carbocycles. The van der Waals surface area contributed by atoms with Gasteiger partial charge in [0.15, 0.2) is 10.9 Å². The maximum Gasteiger partial charge on any atom is 0.278 e. The fourth-order valence-corrected chi connectivity index (χ4v) is 3.06. The zero-order valence-corrected chi connectivity index (χ0v) is 13.4. The molecule has 0 saturated carbocycles. The molecule has 2 N–H and O–H groups in total. The van der Waals surface area contributed by atoms with Gasteiger partial charge in [0.25, 0.3) is 5.56 Å². The Hall–Kier alpha value is -2.93. The van der Waals surface area contributed by atoms with Gasteiger partial charge < -0.3 is 4.98 Å². The Balaban J connectivity index is 1.53. The van der Waals surface area contributed by atoms with Crippen molar-refractivity contribution in [2.75, 3.05) is 0 Å². The van der Waals surface area contributed by atoms with Crippen LogP contribution in [0.15, 0.2) is 64.5 Å². The van der Waals surface area contributed by atoms with Gasteiger partial charge in [0.1, 0.15) is 5.82 Å². The molecule has 24 heavy (non-hydrogen) atoms. The quantitative estimate of drug-likeness (QED) is 0.560. The Labute approximate surface area is 141 Å². The molecule has 4 aromatic rings. The highest BCUT2D eigenvalue weighted by Crippen LogP contribution is 2.19. The number of imidazole rings is 1. The minimum Gasteiger partial charge on any atom is -0.341 e. The summed E-state index contributed by atoms with van der Waals surface area (Å²) in [5.74, 6) is 1.40. The van der Waals surface area contributed by atoms with Crippen LogP contribution in [0.25, 0.3) is 22.3 Å². The van der Waals surface area contributed by atoms with Crippen LogP contribution in [0.1, 0.15) is 5.82 Å². The van der Waals surface area contributed by atoms with Gasteiger partial charge in [-0.3, -0.25) is 9.78 Å². The lowest BCUT2D eigenvalue weighted by Crippen LogP contribution is -2.14. The molecule has 0 saturated heterocycles. The van der Waals surface area contributed by atoms with E-state index >= 15 is 0 Å². The fraction of sp³-hybridized carbons (Fsp3) is 0.0588. The molecular formula is C17H13N5OS. The van der Waals surface area contributed by atoms with E-state index in [0.717, 1.165) is 22.4 Å². The molecule has 0 radical (unpaired) electrons. The summed E-state index contributed by atoms with van der Waals surface area (Å²) in [6.07, 6.45) is 0. The van der Waals surface area contributed by atoms with Crippen molar-refractivity contribution in [3.8, 4) is 11.3 Å². The normalized spacial score (nSPS) is 11.0. The summed E-state index contributed by atoms with van der Waals surface area (Å²) in [4.78, 5) is 22.7. The number of rotatable bonds is 4. The number of nitrogens with one attached hydrogen (secondary N) is 2. The van der Waals surface area contributed by atoms with Gasteiger partial charge in [-0.15, -0.1) is 10.2 Å². The summed E-state index contributed by atoms with van der Waals surface area (Å²) < 4.78 is 0. The van der Waals surface area contributed by atoms with E-state index < -0.39 is 0 Å². The van der Waals surface area contributed by atoms with Crippen molar-refractivity contribution in [1.29, 1.82) is 0 Å². The molecule has 2 heterocycles. The maximum absolute atomic E-state index is 12.2. The summed E-state index contributed by atoms with van der Waals surface area (Å²) in [6.45, 7) is 0. The first-order valence-corrected chi connectivity index (χ1v) is 8.37. The van der Waals surface area contributed by atoms with Crippen LogP contribution in [-0.4, -0.2) is 25.1 Å². The van der Waals surface area contributed by atoms with Gasteiger partial charge in [0.2, 0.25) is 0 Å². The Morgan fingerprint density at radius 1 is 0.917 bits per heavy atom. The Morgan fingerprint density at radius 2 is 1.71 bits per heavy atom. The van der Waals surface area contributed by atoms with E-state index in [1.165, 1.54) is 11.8 Å². The summed E-state index contributed by atoms with van der Waals surface area (Å²) in [5, 5.41) is 8.63. The van der Waals surface area contributed by atoms with Crippen molar-refractivity contribution in [3.05, 3.63) is 70.8 Å². The van der Waals surface area contributed by atoms with Crippen LogP contribution in [-0.2, 0) is 5.75 Å². The number of aromatic nitrogens is 5. The first kappa shape index (κ1) is 14.6. The first-order chi connectivity index (χ1) is 11.8. The maximum atomic E-state index is 12.2. The van der Waals surface area contributed by atoms with Crippen molar-refractivity contribution >= 4 is 22.8 Å². The summed E-state index contributed by atoms with van der Waals surface area (Å²) in [7, 11) is 0. The molecule has 7 heteroatoms. The van der Waals surface area contributed by atoms with E-state index in [1.54, 1.807) is 0 Å². The number of aromatic amines is 2. The van der Waals surface area contributed by atoms with Gasteiger partial charge in [-0.05, 0) is 12.1 Å². The van der Waals surface area contributed by atoms with Crippen molar-refractivity contribution in [2.24, 2.45) is 0 Å². The van der Waals surface area contributed by atoms with Gasteiger partial charge in [-0.1, -0.05) is 54.2 Å². The fourth-order valence-electron chi connectivity index (χ4n) is 2.38. The summed E-state index contributed by atoms with van der Waals surface area (Å²) in [5.41, 5.74) is 2.74. The van der Waals surface area contributed by atoms with Crippen LogP contribution in [0.4, 0.5) is 0 Å². The molecule has 0 aliphatic heterocycles. The smallest absolute Gasteiger partial charge is 0.278 e. The van der Waals surface area contributed by atoms with Gasteiger partial charge in [0.05, 0.1) is 16.8 Å². The van der Waals surface area contributed by atoms with Crippen LogP contribution in [0.5, 0.6) is 0 Å². The number of nitrogens with zero attached hydrogens (tertiary/aromatic N) is 3. The highest BCUT2D eigenvalue weighted by atomic mass is 32.2. The molecule has 0 fully saturated rings. The van der Waals surface area contributed by atoms with Crippen molar-refractivity contribution in [2.45, 2.75) is 10.9 Å². The third-order valence-electron chi connectivity index (χ3n) is 3.51. The van der Waals surface area contributed by atoms with Crippen LogP contribution in [0.2, 0.25) is 0 Å². The second kappa shape index (κ2) is 6.29. The van der Waals surface area contributed by atoms with E-state index in [9.17, 15) is 4.79 Å². The first-order valence-electron chi connectivity index (χ1n) is 7.38. The number of hydrogen-bond acceptors (Lipinski definition) is 5. The Bertz CT molecular complexity index is 1010. The zero-order valence-electron chi connectivity index (χ0n) is 12.6. The van der Waals surface area contributed by atoms with Crippen molar-refractivity contribution in [1.82, 2.24) is 25.1 Å². The highest BCUT2D eigenvalue weighted by molar-refractivity contribution is 7.98. The molecule has 6 nitrogen and oxygen atoms in total. The topological polar surface area (TPSA) is 87.3 Å². The van der Waals surface area contributed by atoms with Gasteiger partial charge in [-0.2, -0.15) is 0 Å². The van der Waals surface area contributed by atoms with Crippen LogP contribution in [0.3, 0.4) is 0 Å². The van der Waals surface area contributed by atoms with E-state index in [-0.39, 0.29) is 5.56 Å². The number of para-hydroxylation sites is 2. The molecule has 0 amide bonds. The third kappa shape index (κ3) is 2.93. The Kier molecular flexibility index (Phi) is 3.84. The molecule has 118 valence electrons. The second-order valence-electron chi connectivity index (χ2n) is 5.16. The molecule has 0 spiro atoms. The number of hydrogen-bond donors (Lipinski definition) is 2. The van der Waals surface area contributed by atoms with E-state index in [2.05, 4.69) is 25.1 Å². The van der Waals surface area contributed by atoms with E-state index in [1.807, 2.05) is 54.6 Å². The minimum atomic E-state index is -0.247. The second-order valence-corrected chi connectivity index (χ2v) is 6.13. The van der Waals surface area contributed by atoms with E-state index in [4.69, 9.17) is 0 Å².